The third-order valence-electron chi connectivity index (χ3n) is 3.90. The number of ether oxygens (including phenoxy) is 2. The zero-order valence-corrected chi connectivity index (χ0v) is 14.1. The fraction of sp³-hybridized carbons (Fsp3) is 0.316. The van der Waals surface area contributed by atoms with Crippen molar-refractivity contribution in [3.05, 3.63) is 59.2 Å². The van der Waals surface area contributed by atoms with Crippen molar-refractivity contribution in [1.29, 1.82) is 0 Å². The molecule has 2 aromatic rings. The Morgan fingerprint density at radius 2 is 1.78 bits per heavy atom. The summed E-state index contributed by atoms with van der Waals surface area (Å²) in [5.41, 5.74) is 3.14. The second kappa shape index (κ2) is 7.68. The second-order valence-electron chi connectivity index (χ2n) is 5.52. The highest BCUT2D eigenvalue weighted by atomic mass is 16.5. The minimum atomic E-state index is -0.163. The van der Waals surface area contributed by atoms with Crippen LogP contribution >= 0.6 is 0 Å². The van der Waals surface area contributed by atoms with E-state index >= 15 is 0 Å². The highest BCUT2D eigenvalue weighted by Gasteiger charge is 2.14. The lowest BCUT2D eigenvalue weighted by Gasteiger charge is -2.17. The monoisotopic (exact) mass is 313 g/mol. The maximum Gasteiger partial charge on any atom is 0.258 e. The molecule has 0 unspecified atom stereocenters. The zero-order chi connectivity index (χ0) is 16.8. The first-order valence-electron chi connectivity index (χ1n) is 7.64. The van der Waals surface area contributed by atoms with Gasteiger partial charge in [0, 0.05) is 5.56 Å². The van der Waals surface area contributed by atoms with Gasteiger partial charge in [0.15, 0.2) is 6.61 Å². The number of amides is 1. The van der Waals surface area contributed by atoms with E-state index in [-0.39, 0.29) is 18.6 Å². The topological polar surface area (TPSA) is 47.6 Å². The van der Waals surface area contributed by atoms with Gasteiger partial charge in [-0.25, -0.2) is 0 Å². The van der Waals surface area contributed by atoms with Crippen molar-refractivity contribution in [3.8, 4) is 11.5 Å². The maximum atomic E-state index is 12.1. The first-order valence-corrected chi connectivity index (χ1v) is 7.64. The number of hydrogen-bond donors (Lipinski definition) is 1. The molecule has 1 N–H and O–H groups in total. The lowest BCUT2D eigenvalue weighted by Crippen LogP contribution is -2.31. The van der Waals surface area contributed by atoms with Crippen LogP contribution < -0.4 is 14.8 Å². The molecule has 4 heteroatoms. The Morgan fingerprint density at radius 1 is 1.09 bits per heavy atom. The number of para-hydroxylation sites is 1. The van der Waals surface area contributed by atoms with Crippen LogP contribution in [-0.2, 0) is 4.79 Å². The van der Waals surface area contributed by atoms with E-state index in [4.69, 9.17) is 9.47 Å². The van der Waals surface area contributed by atoms with Gasteiger partial charge in [0.2, 0.25) is 0 Å². The van der Waals surface area contributed by atoms with Crippen LogP contribution in [0.3, 0.4) is 0 Å². The molecule has 122 valence electrons. The maximum absolute atomic E-state index is 12.1. The van der Waals surface area contributed by atoms with E-state index in [1.54, 1.807) is 7.11 Å². The van der Waals surface area contributed by atoms with Crippen LogP contribution in [0.5, 0.6) is 11.5 Å². The van der Waals surface area contributed by atoms with Crippen molar-refractivity contribution >= 4 is 5.91 Å². The average Bonchev–Trinajstić information content (AvgIpc) is 2.56. The molecular weight excluding hydrogens is 290 g/mol. The minimum absolute atomic E-state index is 0.0101. The van der Waals surface area contributed by atoms with Crippen LogP contribution in [-0.4, -0.2) is 19.6 Å². The number of aryl methyl sites for hydroxylation is 1. The smallest absolute Gasteiger partial charge is 0.258 e. The van der Waals surface area contributed by atoms with Gasteiger partial charge < -0.3 is 14.8 Å². The number of carbonyl (C=O) groups is 1. The molecule has 0 aliphatic rings. The highest BCUT2D eigenvalue weighted by Crippen LogP contribution is 2.24. The molecule has 0 radical (unpaired) electrons. The summed E-state index contributed by atoms with van der Waals surface area (Å²) in [6, 6.07) is 13.3. The number of hydrogen-bond acceptors (Lipinski definition) is 3. The van der Waals surface area contributed by atoms with Crippen LogP contribution in [0.15, 0.2) is 42.5 Å². The van der Waals surface area contributed by atoms with E-state index in [2.05, 4.69) is 5.32 Å². The Labute approximate surface area is 137 Å². The zero-order valence-electron chi connectivity index (χ0n) is 14.1. The largest absolute Gasteiger partial charge is 0.496 e. The van der Waals surface area contributed by atoms with Crippen LogP contribution in [0.4, 0.5) is 0 Å². The Hall–Kier alpha value is -2.49. The van der Waals surface area contributed by atoms with Crippen molar-refractivity contribution in [3.63, 3.8) is 0 Å². The predicted molar refractivity (Wildman–Crippen MR) is 91.0 cm³/mol. The van der Waals surface area contributed by atoms with Gasteiger partial charge in [0.25, 0.3) is 5.91 Å². The van der Waals surface area contributed by atoms with E-state index in [9.17, 15) is 4.79 Å². The van der Waals surface area contributed by atoms with Crippen molar-refractivity contribution in [2.75, 3.05) is 13.7 Å². The van der Waals surface area contributed by atoms with Gasteiger partial charge in [-0.05, 0) is 44.0 Å². The van der Waals surface area contributed by atoms with Gasteiger partial charge >= 0.3 is 0 Å². The Kier molecular flexibility index (Phi) is 5.63. The predicted octanol–water partition coefficient (Wildman–Crippen LogP) is 3.57. The van der Waals surface area contributed by atoms with Crippen LogP contribution in [0, 0.1) is 13.8 Å². The molecule has 0 fully saturated rings. The molecule has 0 aromatic heterocycles. The van der Waals surface area contributed by atoms with Gasteiger partial charge in [-0.15, -0.1) is 0 Å². The van der Waals surface area contributed by atoms with Gasteiger partial charge in [-0.1, -0.05) is 30.3 Å². The second-order valence-corrected chi connectivity index (χ2v) is 5.52. The number of nitrogens with one attached hydrogen (secondary N) is 1. The normalized spacial score (nSPS) is 11.7. The van der Waals surface area contributed by atoms with Crippen molar-refractivity contribution in [2.24, 2.45) is 0 Å². The molecule has 1 amide bonds. The summed E-state index contributed by atoms with van der Waals surface area (Å²) >= 11 is 0. The van der Waals surface area contributed by atoms with Crippen LogP contribution in [0.2, 0.25) is 0 Å². The summed E-state index contributed by atoms with van der Waals surface area (Å²) in [6.07, 6.45) is 0. The Morgan fingerprint density at radius 3 is 2.52 bits per heavy atom. The molecule has 0 aliphatic carbocycles. The molecule has 1 atom stereocenters. The molecule has 0 saturated carbocycles. The minimum Gasteiger partial charge on any atom is -0.496 e. The van der Waals surface area contributed by atoms with Gasteiger partial charge in [0.05, 0.1) is 13.2 Å². The molecule has 0 spiro atoms. The molecule has 0 saturated heterocycles. The first kappa shape index (κ1) is 16.9. The number of benzene rings is 2. The molecule has 2 rings (SSSR count). The third-order valence-corrected chi connectivity index (χ3v) is 3.90. The summed E-state index contributed by atoms with van der Waals surface area (Å²) in [7, 11) is 1.62. The summed E-state index contributed by atoms with van der Waals surface area (Å²) in [5.74, 6) is 1.34. The third kappa shape index (κ3) is 4.25. The van der Waals surface area contributed by atoms with Crippen LogP contribution in [0.1, 0.15) is 29.7 Å². The summed E-state index contributed by atoms with van der Waals surface area (Å²) in [5, 5.41) is 2.93. The number of carbonyl (C=O) groups excluding carboxylic acids is 1. The molecule has 4 nitrogen and oxygen atoms in total. The van der Waals surface area contributed by atoms with E-state index in [0.717, 1.165) is 28.2 Å². The fourth-order valence-electron chi connectivity index (χ4n) is 2.41. The molecule has 23 heavy (non-hydrogen) atoms. The molecule has 0 heterocycles. The van der Waals surface area contributed by atoms with E-state index in [0.29, 0.717) is 0 Å². The summed E-state index contributed by atoms with van der Waals surface area (Å²) in [4.78, 5) is 12.1. The lowest BCUT2D eigenvalue weighted by atomic mass is 10.1. The number of methoxy groups -OCH3 is 1. The molecule has 0 bridgehead atoms. The first-order chi connectivity index (χ1) is 11.0. The van der Waals surface area contributed by atoms with Crippen molar-refractivity contribution < 1.29 is 14.3 Å². The van der Waals surface area contributed by atoms with Gasteiger partial charge in [-0.2, -0.15) is 0 Å². The Balaban J connectivity index is 1.95. The van der Waals surface area contributed by atoms with E-state index in [1.807, 2.05) is 63.2 Å². The average molecular weight is 313 g/mol. The number of rotatable bonds is 6. The summed E-state index contributed by atoms with van der Waals surface area (Å²) in [6.45, 7) is 5.92. The quantitative estimate of drug-likeness (QED) is 0.887. The molecule has 2 aromatic carbocycles. The molecular formula is C19H23NO3. The standard InChI is InChI=1S/C19H23NO3/c1-13-8-7-11-17(14(13)2)23-12-19(21)20-15(3)16-9-5-6-10-18(16)22-4/h5-11,15H,12H2,1-4H3,(H,20,21)/t15-/m0/s1. The highest BCUT2D eigenvalue weighted by molar-refractivity contribution is 5.78. The van der Waals surface area contributed by atoms with Crippen molar-refractivity contribution in [1.82, 2.24) is 5.32 Å². The van der Waals surface area contributed by atoms with Gasteiger partial charge in [-0.3, -0.25) is 4.79 Å². The lowest BCUT2D eigenvalue weighted by molar-refractivity contribution is -0.123. The Bertz CT molecular complexity index is 682. The van der Waals surface area contributed by atoms with Gasteiger partial charge in [0.1, 0.15) is 11.5 Å². The van der Waals surface area contributed by atoms with E-state index < -0.39 is 0 Å². The molecule has 0 aliphatic heterocycles. The SMILES string of the molecule is COc1ccccc1[C@H](C)NC(=O)COc1cccc(C)c1C. The van der Waals surface area contributed by atoms with Crippen molar-refractivity contribution in [2.45, 2.75) is 26.8 Å². The van der Waals surface area contributed by atoms with E-state index in [1.165, 1.54) is 0 Å². The van der Waals surface area contributed by atoms with Crippen LogP contribution in [0.25, 0.3) is 0 Å². The fourth-order valence-corrected chi connectivity index (χ4v) is 2.41. The summed E-state index contributed by atoms with van der Waals surface area (Å²) < 4.78 is 11.0.